The summed E-state index contributed by atoms with van der Waals surface area (Å²) in [7, 11) is 4.85. The van der Waals surface area contributed by atoms with Gasteiger partial charge in [0.25, 0.3) is 0 Å². The van der Waals surface area contributed by atoms with E-state index in [1.807, 2.05) is 84.9 Å². The standard InChI is InChI=1S/C22H24ClFN4O3.C22H21N3O4.C22H23N3O4/c1-29-20-13-19-16(12-21(20)31-8-2-5-28-6-9-30-10-7-28)22(26-14-25-19)27-15-3-4-18(24)17(23)11-15;1-2-16-4-3-5-17(12-16)25-22-18-13-20-21(14-19(18)23-15-24-22)29-11-9-27-7-6-26-8-10-28-20;1-4-16-6-5-7-17(12-16)25-22-18-13-20(28-10-8-26-2)21(29-11-9-27-3)14-19(18)23-15-24-22/h3-4,11-14H,2,5-10H2,1H3,(H,25,26,27);1,3-5,12-15H,6-11H2,(H,23,24,25);1,5-7,12-15H,8-11H2,2-3H3,(H,23,24,25). The van der Waals surface area contributed by atoms with Crippen LogP contribution in [0.4, 0.5) is 38.9 Å². The predicted octanol–water partition coefficient (Wildman–Crippen LogP) is 10.8. The summed E-state index contributed by atoms with van der Waals surface area (Å²) in [4.78, 5) is 28.6. The lowest BCUT2D eigenvalue weighted by Gasteiger charge is -2.26. The number of rotatable bonds is 20. The van der Waals surface area contributed by atoms with Crippen molar-refractivity contribution in [3.05, 3.63) is 144 Å². The first-order valence-corrected chi connectivity index (χ1v) is 29.0. The number of aromatic nitrogens is 6. The Hall–Kier alpha value is -9.36. The molecule has 462 valence electrons. The molecule has 3 N–H and O–H groups in total. The van der Waals surface area contributed by atoms with Gasteiger partial charge in [0.05, 0.1) is 88.1 Å². The molecule has 5 heterocycles. The summed E-state index contributed by atoms with van der Waals surface area (Å²) in [5, 5.41) is 12.2. The summed E-state index contributed by atoms with van der Waals surface area (Å²) < 4.78 is 74.9. The van der Waals surface area contributed by atoms with Gasteiger partial charge in [0.2, 0.25) is 0 Å². The Kier molecular flexibility index (Phi) is 24.3. The molecule has 0 saturated carbocycles. The number of benzene rings is 6. The highest BCUT2D eigenvalue weighted by Gasteiger charge is 2.18. The molecular weight excluding hydrogens is 1160 g/mol. The van der Waals surface area contributed by atoms with Gasteiger partial charge in [-0.2, -0.15) is 0 Å². The molecule has 3 aromatic heterocycles. The normalized spacial score (nSPS) is 13.4. The average Bonchev–Trinajstić information content (AvgIpc) is 1.72. The first kappa shape index (κ1) is 64.1. The van der Waals surface area contributed by atoms with Crippen LogP contribution in [-0.2, 0) is 23.7 Å². The first-order chi connectivity index (χ1) is 43.7. The molecule has 1 saturated heterocycles. The van der Waals surface area contributed by atoms with Crippen molar-refractivity contribution in [3.8, 4) is 59.2 Å². The SMILES string of the molecule is C#Cc1cccc(Nc2ncnc3cc(OCCOC)c(OCCOC)cc23)c1.C#Cc1cccc(Nc2ncnc3cc4c(cc23)OCCOCCOCCO4)c1.COc1cc2ncnc(Nc3ccc(F)c(Cl)c3)c2cc1OCCCN1CCOCC1. The van der Waals surface area contributed by atoms with Crippen LogP contribution in [0.15, 0.2) is 122 Å². The molecule has 0 spiro atoms. The third kappa shape index (κ3) is 18.6. The quantitative estimate of drug-likeness (QED) is 0.0477. The van der Waals surface area contributed by atoms with Crippen molar-refractivity contribution in [2.75, 3.05) is 143 Å². The summed E-state index contributed by atoms with van der Waals surface area (Å²) >= 11 is 5.90. The largest absolute Gasteiger partial charge is 0.493 e. The van der Waals surface area contributed by atoms with Crippen molar-refractivity contribution in [1.82, 2.24) is 34.8 Å². The van der Waals surface area contributed by atoms with E-state index >= 15 is 0 Å². The molecule has 0 atom stereocenters. The fourth-order valence-corrected chi connectivity index (χ4v) is 9.26. The van der Waals surface area contributed by atoms with E-state index in [1.54, 1.807) is 27.4 Å². The molecule has 2 aliphatic heterocycles. The first-order valence-electron chi connectivity index (χ1n) is 28.6. The molecule has 0 bridgehead atoms. The van der Waals surface area contributed by atoms with Crippen LogP contribution in [-0.4, -0.2) is 162 Å². The van der Waals surface area contributed by atoms with Gasteiger partial charge < -0.3 is 68.1 Å². The fourth-order valence-electron chi connectivity index (χ4n) is 9.08. The number of nitrogens with zero attached hydrogens (tertiary/aromatic N) is 7. The Morgan fingerprint density at radius 1 is 0.506 bits per heavy atom. The molecule has 23 heteroatoms. The van der Waals surface area contributed by atoms with Crippen molar-refractivity contribution < 1.29 is 56.5 Å². The summed E-state index contributed by atoms with van der Waals surface area (Å²) in [6.45, 7) is 9.57. The van der Waals surface area contributed by atoms with Gasteiger partial charge in [-0.25, -0.2) is 34.3 Å². The minimum atomic E-state index is -0.475. The molecule has 11 rings (SSSR count). The molecule has 6 aromatic carbocycles. The molecular formula is C66H68ClFN10O11. The lowest BCUT2D eigenvalue weighted by molar-refractivity contribution is 0.0224. The van der Waals surface area contributed by atoms with Gasteiger partial charge >= 0.3 is 0 Å². The van der Waals surface area contributed by atoms with Crippen molar-refractivity contribution in [2.45, 2.75) is 6.42 Å². The van der Waals surface area contributed by atoms with Crippen molar-refractivity contribution >= 4 is 78.8 Å². The van der Waals surface area contributed by atoms with E-state index in [-0.39, 0.29) is 5.02 Å². The van der Waals surface area contributed by atoms with Gasteiger partial charge in [-0.15, -0.1) is 12.8 Å². The van der Waals surface area contributed by atoms with Crippen LogP contribution >= 0.6 is 11.6 Å². The zero-order chi connectivity index (χ0) is 62.0. The second kappa shape index (κ2) is 33.7. The highest BCUT2D eigenvalue weighted by molar-refractivity contribution is 6.31. The van der Waals surface area contributed by atoms with Gasteiger partial charge in [0, 0.05) is 96.4 Å². The Bertz CT molecular complexity index is 3740. The average molecular weight is 1230 g/mol. The molecule has 9 aromatic rings. The van der Waals surface area contributed by atoms with E-state index in [9.17, 15) is 4.39 Å². The van der Waals surface area contributed by atoms with E-state index in [2.05, 4.69) is 62.6 Å². The number of fused-ring (bicyclic) bond motifs is 4. The molecule has 21 nitrogen and oxygen atoms in total. The van der Waals surface area contributed by atoms with Crippen LogP contribution in [0.3, 0.4) is 0 Å². The van der Waals surface area contributed by atoms with E-state index in [0.717, 1.165) is 89.0 Å². The minimum Gasteiger partial charge on any atom is -0.493 e. The second-order valence-corrected chi connectivity index (χ2v) is 19.9. The summed E-state index contributed by atoms with van der Waals surface area (Å²) in [6, 6.07) is 30.7. The molecule has 2 aliphatic rings. The van der Waals surface area contributed by atoms with Crippen LogP contribution < -0.4 is 44.4 Å². The summed E-state index contributed by atoms with van der Waals surface area (Å²) in [5.74, 6) is 10.3. The Labute approximate surface area is 520 Å². The van der Waals surface area contributed by atoms with Crippen LogP contribution in [0, 0.1) is 30.5 Å². The zero-order valence-corrected chi connectivity index (χ0v) is 50.4. The van der Waals surface area contributed by atoms with Crippen LogP contribution in [0.25, 0.3) is 32.7 Å². The minimum absolute atomic E-state index is 0.0364. The zero-order valence-electron chi connectivity index (χ0n) is 49.6. The third-order valence-corrected chi connectivity index (χ3v) is 13.8. The summed E-state index contributed by atoms with van der Waals surface area (Å²) in [5.41, 5.74) is 6.03. The number of ether oxygens (including phenoxy) is 11. The topological polar surface area (TPSA) is 218 Å². The van der Waals surface area contributed by atoms with Gasteiger partial charge in [0.15, 0.2) is 34.5 Å². The molecule has 0 radical (unpaired) electrons. The van der Waals surface area contributed by atoms with Gasteiger partial charge in [0.1, 0.15) is 68.7 Å². The van der Waals surface area contributed by atoms with Gasteiger partial charge in [-0.1, -0.05) is 35.6 Å². The van der Waals surface area contributed by atoms with Gasteiger partial charge in [-0.3, -0.25) is 4.90 Å². The van der Waals surface area contributed by atoms with Crippen molar-refractivity contribution in [3.63, 3.8) is 0 Å². The number of hydrogen-bond donors (Lipinski definition) is 3. The number of hydrogen-bond acceptors (Lipinski definition) is 21. The number of anilines is 6. The van der Waals surface area contributed by atoms with Crippen LogP contribution in [0.5, 0.6) is 34.5 Å². The van der Waals surface area contributed by atoms with Crippen molar-refractivity contribution in [1.29, 1.82) is 0 Å². The Morgan fingerprint density at radius 3 is 1.49 bits per heavy atom. The number of halogens is 2. The monoisotopic (exact) mass is 1230 g/mol. The maximum absolute atomic E-state index is 13.5. The number of terminal acetylenes is 2. The highest BCUT2D eigenvalue weighted by Crippen LogP contribution is 2.38. The fraction of sp³-hybridized carbons (Fsp3) is 0.303. The Morgan fingerprint density at radius 2 is 0.966 bits per heavy atom. The molecule has 0 amide bonds. The lowest BCUT2D eigenvalue weighted by atomic mass is 10.2. The van der Waals surface area contributed by atoms with Crippen LogP contribution in [0.2, 0.25) is 5.02 Å². The predicted molar refractivity (Wildman–Crippen MR) is 340 cm³/mol. The Balaban J connectivity index is 0.000000159. The van der Waals surface area contributed by atoms with E-state index in [4.69, 9.17) is 76.6 Å². The molecule has 0 unspecified atom stereocenters. The highest BCUT2D eigenvalue weighted by atomic mass is 35.5. The molecule has 89 heavy (non-hydrogen) atoms. The molecule has 0 aliphatic carbocycles. The maximum Gasteiger partial charge on any atom is 0.163 e. The smallest absolute Gasteiger partial charge is 0.163 e. The third-order valence-electron chi connectivity index (χ3n) is 13.5. The molecule has 1 fully saturated rings. The summed E-state index contributed by atoms with van der Waals surface area (Å²) in [6.07, 6.45) is 16.4. The number of nitrogens with one attached hydrogen (secondary N) is 3. The van der Waals surface area contributed by atoms with Crippen molar-refractivity contribution in [2.24, 2.45) is 0 Å². The van der Waals surface area contributed by atoms with Gasteiger partial charge in [-0.05, 0) is 79.2 Å². The van der Waals surface area contributed by atoms with E-state index < -0.39 is 5.82 Å². The number of methoxy groups -OCH3 is 3. The second-order valence-electron chi connectivity index (χ2n) is 19.5. The number of morpholine rings is 1. The van der Waals surface area contributed by atoms with E-state index in [0.29, 0.717) is 136 Å². The lowest BCUT2D eigenvalue weighted by Crippen LogP contribution is -2.37. The van der Waals surface area contributed by atoms with E-state index in [1.165, 1.54) is 31.1 Å². The maximum atomic E-state index is 13.5. The van der Waals surface area contributed by atoms with Crippen LogP contribution in [0.1, 0.15) is 17.5 Å².